The first kappa shape index (κ1) is 15.3. The van der Waals surface area contributed by atoms with Crippen LogP contribution >= 0.6 is 11.6 Å². The van der Waals surface area contributed by atoms with Gasteiger partial charge in [0.1, 0.15) is 4.90 Å². The van der Waals surface area contributed by atoms with Crippen molar-refractivity contribution in [3.63, 3.8) is 0 Å². The largest absolute Gasteiger partial charge is 0.398 e. The molecule has 6 heteroatoms. The Morgan fingerprint density at radius 1 is 1.39 bits per heavy atom. The van der Waals surface area contributed by atoms with Crippen LogP contribution in [0.2, 0.25) is 5.02 Å². The number of anilines is 1. The van der Waals surface area contributed by atoms with E-state index in [1.807, 2.05) is 20.8 Å². The maximum absolute atomic E-state index is 12.2. The van der Waals surface area contributed by atoms with Crippen molar-refractivity contribution in [3.8, 4) is 0 Å². The standard InChI is InChI=1S/C12H19ClN2O2S/c1-4-8(2)9(3)15-18(16,17)12-6-5-10(13)7-11(12)14/h5-9,15H,4,14H2,1-3H3. The zero-order valence-corrected chi connectivity index (χ0v) is 12.3. The van der Waals surface area contributed by atoms with Crippen molar-refractivity contribution in [2.24, 2.45) is 5.92 Å². The Morgan fingerprint density at radius 3 is 2.50 bits per heavy atom. The summed E-state index contributed by atoms with van der Waals surface area (Å²) in [6.45, 7) is 5.86. The van der Waals surface area contributed by atoms with Gasteiger partial charge in [-0.05, 0) is 31.0 Å². The Bertz CT molecular complexity index is 517. The predicted octanol–water partition coefficient (Wildman–Crippen LogP) is 2.64. The van der Waals surface area contributed by atoms with E-state index in [0.717, 1.165) is 6.42 Å². The van der Waals surface area contributed by atoms with E-state index in [1.54, 1.807) is 0 Å². The number of nitrogen functional groups attached to an aromatic ring is 1. The molecule has 0 spiro atoms. The summed E-state index contributed by atoms with van der Waals surface area (Å²) in [5.74, 6) is 0.258. The summed E-state index contributed by atoms with van der Waals surface area (Å²) in [5, 5.41) is 0.418. The first-order valence-corrected chi connectivity index (χ1v) is 7.71. The molecule has 4 nitrogen and oxygen atoms in total. The summed E-state index contributed by atoms with van der Waals surface area (Å²) in [6, 6.07) is 4.23. The minimum atomic E-state index is -3.60. The van der Waals surface area contributed by atoms with E-state index in [-0.39, 0.29) is 22.5 Å². The molecule has 2 atom stereocenters. The van der Waals surface area contributed by atoms with Gasteiger partial charge in [0.25, 0.3) is 0 Å². The number of hydrogen-bond acceptors (Lipinski definition) is 3. The van der Waals surface area contributed by atoms with Crippen molar-refractivity contribution < 1.29 is 8.42 Å². The summed E-state index contributed by atoms with van der Waals surface area (Å²) in [7, 11) is -3.60. The fraction of sp³-hybridized carbons (Fsp3) is 0.500. The maximum Gasteiger partial charge on any atom is 0.242 e. The molecule has 0 bridgehead atoms. The number of halogens is 1. The molecule has 0 aromatic heterocycles. The van der Waals surface area contributed by atoms with Gasteiger partial charge in [-0.2, -0.15) is 0 Å². The molecule has 1 aromatic carbocycles. The molecule has 0 aliphatic rings. The molecular formula is C12H19ClN2O2S. The Labute approximate surface area is 114 Å². The summed E-state index contributed by atoms with van der Waals surface area (Å²) in [4.78, 5) is 0.0713. The van der Waals surface area contributed by atoms with Crippen LogP contribution in [0.25, 0.3) is 0 Å². The zero-order valence-electron chi connectivity index (χ0n) is 10.8. The number of hydrogen-bond donors (Lipinski definition) is 2. The van der Waals surface area contributed by atoms with Crippen LogP contribution < -0.4 is 10.5 Å². The molecule has 1 aromatic rings. The molecule has 0 saturated heterocycles. The van der Waals surface area contributed by atoms with Gasteiger partial charge in [0, 0.05) is 11.1 Å². The van der Waals surface area contributed by atoms with E-state index >= 15 is 0 Å². The van der Waals surface area contributed by atoms with Crippen LogP contribution in [0.5, 0.6) is 0 Å². The Kier molecular flexibility index (Phi) is 5.01. The lowest BCUT2D eigenvalue weighted by Gasteiger charge is -2.20. The predicted molar refractivity (Wildman–Crippen MR) is 75.1 cm³/mol. The average Bonchev–Trinajstić information content (AvgIpc) is 2.26. The second-order valence-corrected chi connectivity index (χ2v) is 6.60. The molecular weight excluding hydrogens is 272 g/mol. The van der Waals surface area contributed by atoms with Gasteiger partial charge in [-0.25, -0.2) is 13.1 Å². The van der Waals surface area contributed by atoms with Gasteiger partial charge in [-0.1, -0.05) is 31.9 Å². The summed E-state index contributed by atoms with van der Waals surface area (Å²) in [5.41, 5.74) is 5.85. The quantitative estimate of drug-likeness (QED) is 0.819. The molecule has 0 heterocycles. The van der Waals surface area contributed by atoms with E-state index in [0.29, 0.717) is 5.02 Å². The molecule has 1 rings (SSSR count). The summed E-state index contributed by atoms with van der Waals surface area (Å²) in [6.07, 6.45) is 0.903. The lowest BCUT2D eigenvalue weighted by atomic mass is 10.0. The monoisotopic (exact) mass is 290 g/mol. The molecule has 0 fully saturated rings. The number of benzene rings is 1. The number of rotatable bonds is 5. The third kappa shape index (κ3) is 3.60. The lowest BCUT2D eigenvalue weighted by molar-refractivity contribution is 0.434. The first-order valence-electron chi connectivity index (χ1n) is 5.85. The highest BCUT2D eigenvalue weighted by Crippen LogP contribution is 2.23. The van der Waals surface area contributed by atoms with Crippen molar-refractivity contribution in [1.29, 1.82) is 0 Å². The maximum atomic E-state index is 12.2. The van der Waals surface area contributed by atoms with Crippen LogP contribution in [0.15, 0.2) is 23.1 Å². The van der Waals surface area contributed by atoms with Crippen LogP contribution in [0.4, 0.5) is 5.69 Å². The Balaban J connectivity index is 3.00. The molecule has 18 heavy (non-hydrogen) atoms. The molecule has 102 valence electrons. The third-order valence-corrected chi connectivity index (χ3v) is 4.97. The Morgan fingerprint density at radius 2 is 2.00 bits per heavy atom. The van der Waals surface area contributed by atoms with Gasteiger partial charge in [-0.3, -0.25) is 0 Å². The van der Waals surface area contributed by atoms with Crippen molar-refractivity contribution >= 4 is 27.3 Å². The van der Waals surface area contributed by atoms with E-state index in [1.165, 1.54) is 18.2 Å². The fourth-order valence-electron chi connectivity index (χ4n) is 1.54. The van der Waals surface area contributed by atoms with Crippen LogP contribution in [0, 0.1) is 5.92 Å². The second-order valence-electron chi connectivity index (χ2n) is 4.48. The first-order chi connectivity index (χ1) is 8.27. The average molecular weight is 291 g/mol. The van der Waals surface area contributed by atoms with Gasteiger partial charge in [0.05, 0.1) is 5.69 Å². The van der Waals surface area contributed by atoms with Crippen LogP contribution in [-0.2, 0) is 10.0 Å². The normalized spacial score (nSPS) is 15.3. The highest BCUT2D eigenvalue weighted by atomic mass is 35.5. The van der Waals surface area contributed by atoms with Crippen molar-refractivity contribution in [2.75, 3.05) is 5.73 Å². The van der Waals surface area contributed by atoms with E-state index in [2.05, 4.69) is 4.72 Å². The second kappa shape index (κ2) is 5.91. The number of nitrogens with one attached hydrogen (secondary N) is 1. The third-order valence-electron chi connectivity index (χ3n) is 3.10. The number of nitrogens with two attached hydrogens (primary N) is 1. The fourth-order valence-corrected chi connectivity index (χ4v) is 3.19. The molecule has 0 saturated carbocycles. The molecule has 0 amide bonds. The highest BCUT2D eigenvalue weighted by molar-refractivity contribution is 7.89. The van der Waals surface area contributed by atoms with Crippen LogP contribution in [-0.4, -0.2) is 14.5 Å². The van der Waals surface area contributed by atoms with Gasteiger partial charge < -0.3 is 5.73 Å². The van der Waals surface area contributed by atoms with E-state index < -0.39 is 10.0 Å². The smallest absolute Gasteiger partial charge is 0.242 e. The van der Waals surface area contributed by atoms with Crippen molar-refractivity contribution in [2.45, 2.75) is 38.1 Å². The Hall–Kier alpha value is -0.780. The van der Waals surface area contributed by atoms with Crippen LogP contribution in [0.3, 0.4) is 0 Å². The van der Waals surface area contributed by atoms with Crippen molar-refractivity contribution in [3.05, 3.63) is 23.2 Å². The van der Waals surface area contributed by atoms with E-state index in [4.69, 9.17) is 17.3 Å². The molecule has 3 N–H and O–H groups in total. The molecule has 0 radical (unpaired) electrons. The summed E-state index contributed by atoms with van der Waals surface area (Å²) >= 11 is 5.75. The minimum Gasteiger partial charge on any atom is -0.398 e. The topological polar surface area (TPSA) is 72.2 Å². The molecule has 2 unspecified atom stereocenters. The van der Waals surface area contributed by atoms with Gasteiger partial charge >= 0.3 is 0 Å². The zero-order chi connectivity index (χ0) is 13.9. The molecule has 0 aliphatic heterocycles. The van der Waals surface area contributed by atoms with Gasteiger partial charge in [-0.15, -0.1) is 0 Å². The van der Waals surface area contributed by atoms with E-state index in [9.17, 15) is 8.42 Å². The lowest BCUT2D eigenvalue weighted by Crippen LogP contribution is -2.37. The SMILES string of the molecule is CCC(C)C(C)NS(=O)(=O)c1ccc(Cl)cc1N. The van der Waals surface area contributed by atoms with Gasteiger partial charge in [0.2, 0.25) is 10.0 Å². The van der Waals surface area contributed by atoms with Crippen LogP contribution in [0.1, 0.15) is 27.2 Å². The van der Waals surface area contributed by atoms with Gasteiger partial charge in [0.15, 0.2) is 0 Å². The van der Waals surface area contributed by atoms with Crippen molar-refractivity contribution in [1.82, 2.24) is 4.72 Å². The molecule has 0 aliphatic carbocycles. The minimum absolute atomic E-state index is 0.0713. The summed E-state index contributed by atoms with van der Waals surface area (Å²) < 4.78 is 27.0. The highest BCUT2D eigenvalue weighted by Gasteiger charge is 2.22. The number of sulfonamides is 1.